The highest BCUT2D eigenvalue weighted by molar-refractivity contribution is 5.92. The van der Waals surface area contributed by atoms with Crippen molar-refractivity contribution in [3.8, 4) is 0 Å². The van der Waals surface area contributed by atoms with E-state index in [-0.39, 0.29) is 5.91 Å². The molecular formula is C17H27N3O2. The summed E-state index contributed by atoms with van der Waals surface area (Å²) in [6, 6.07) is 4.15. The fourth-order valence-corrected chi connectivity index (χ4v) is 3.38. The van der Waals surface area contributed by atoms with Gasteiger partial charge in [0.1, 0.15) is 5.69 Å². The Bertz CT molecular complexity index is 486. The monoisotopic (exact) mass is 305 g/mol. The molecule has 5 nitrogen and oxygen atoms in total. The first kappa shape index (κ1) is 15.6. The molecule has 1 aromatic rings. The normalized spacial score (nSPS) is 23.8. The first-order valence-electron chi connectivity index (χ1n) is 8.57. The standard InChI is InChI=1S/C17H27N3O2/c1-2-13-5-6-16(18-13)17(21)19-14-7-9-20(10-8-14)12-15-4-3-11-22-15/h5-6,14-15,18H,2-4,7-12H2,1H3,(H,19,21)/t15-/m0/s1. The van der Waals surface area contributed by atoms with E-state index < -0.39 is 0 Å². The quantitative estimate of drug-likeness (QED) is 0.874. The van der Waals surface area contributed by atoms with Crippen molar-refractivity contribution in [2.24, 2.45) is 0 Å². The number of nitrogens with one attached hydrogen (secondary N) is 2. The van der Waals surface area contributed by atoms with Gasteiger partial charge >= 0.3 is 0 Å². The maximum Gasteiger partial charge on any atom is 0.267 e. The molecule has 0 bridgehead atoms. The molecule has 0 unspecified atom stereocenters. The number of hydrogen-bond donors (Lipinski definition) is 2. The lowest BCUT2D eigenvalue weighted by atomic mass is 10.0. The van der Waals surface area contributed by atoms with Crippen molar-refractivity contribution in [1.29, 1.82) is 0 Å². The maximum atomic E-state index is 12.2. The highest BCUT2D eigenvalue weighted by Gasteiger charge is 2.25. The molecule has 1 aromatic heterocycles. The number of piperidine rings is 1. The molecule has 0 radical (unpaired) electrons. The Kier molecular flexibility index (Phi) is 5.16. The molecule has 1 atom stereocenters. The molecule has 2 fully saturated rings. The first-order chi connectivity index (χ1) is 10.7. The third-order valence-corrected chi connectivity index (χ3v) is 4.78. The minimum absolute atomic E-state index is 0.0253. The largest absolute Gasteiger partial charge is 0.377 e. The lowest BCUT2D eigenvalue weighted by Gasteiger charge is -2.33. The van der Waals surface area contributed by atoms with Crippen LogP contribution in [0.15, 0.2) is 12.1 Å². The number of nitrogens with zero attached hydrogens (tertiary/aromatic N) is 1. The second-order valence-electron chi connectivity index (χ2n) is 6.43. The number of carbonyl (C=O) groups excluding carboxylic acids is 1. The molecule has 3 heterocycles. The van der Waals surface area contributed by atoms with E-state index >= 15 is 0 Å². The van der Waals surface area contributed by atoms with Crippen molar-refractivity contribution in [2.45, 2.75) is 51.2 Å². The van der Waals surface area contributed by atoms with E-state index in [1.807, 2.05) is 12.1 Å². The summed E-state index contributed by atoms with van der Waals surface area (Å²) in [5.41, 5.74) is 1.79. The number of aryl methyl sites for hydroxylation is 1. The summed E-state index contributed by atoms with van der Waals surface area (Å²) in [7, 11) is 0. The SMILES string of the molecule is CCc1ccc(C(=O)NC2CCN(C[C@@H]3CCCO3)CC2)[nH]1. The number of aromatic amines is 1. The Morgan fingerprint density at radius 1 is 1.36 bits per heavy atom. The van der Waals surface area contributed by atoms with Gasteiger partial charge in [-0.2, -0.15) is 0 Å². The van der Waals surface area contributed by atoms with Gasteiger partial charge in [0.05, 0.1) is 6.10 Å². The van der Waals surface area contributed by atoms with E-state index in [1.165, 1.54) is 12.8 Å². The summed E-state index contributed by atoms with van der Waals surface area (Å²) in [6.45, 7) is 6.16. The van der Waals surface area contributed by atoms with Crippen molar-refractivity contribution >= 4 is 5.91 Å². The van der Waals surface area contributed by atoms with Gasteiger partial charge < -0.3 is 19.9 Å². The molecule has 2 aliphatic rings. The van der Waals surface area contributed by atoms with Gasteiger partial charge in [0.2, 0.25) is 0 Å². The lowest BCUT2D eigenvalue weighted by molar-refractivity contribution is 0.0612. The van der Waals surface area contributed by atoms with Crippen LogP contribution in [0.3, 0.4) is 0 Å². The zero-order valence-corrected chi connectivity index (χ0v) is 13.4. The van der Waals surface area contributed by atoms with E-state index in [4.69, 9.17) is 4.74 Å². The van der Waals surface area contributed by atoms with Crippen LogP contribution in [0, 0.1) is 0 Å². The van der Waals surface area contributed by atoms with E-state index in [0.717, 1.165) is 51.2 Å². The number of aromatic nitrogens is 1. The second-order valence-corrected chi connectivity index (χ2v) is 6.43. The molecule has 0 spiro atoms. The Morgan fingerprint density at radius 3 is 2.82 bits per heavy atom. The number of H-pyrrole nitrogens is 1. The molecule has 3 rings (SSSR count). The van der Waals surface area contributed by atoms with Crippen LogP contribution in [0.25, 0.3) is 0 Å². The fraction of sp³-hybridized carbons (Fsp3) is 0.706. The fourth-order valence-electron chi connectivity index (χ4n) is 3.38. The molecule has 22 heavy (non-hydrogen) atoms. The number of carbonyl (C=O) groups is 1. The predicted octanol–water partition coefficient (Wildman–Crippen LogP) is 1.95. The van der Waals surface area contributed by atoms with Gasteiger partial charge in [-0.3, -0.25) is 4.79 Å². The van der Waals surface area contributed by atoms with Crippen molar-refractivity contribution in [1.82, 2.24) is 15.2 Å². The van der Waals surface area contributed by atoms with E-state index in [1.54, 1.807) is 0 Å². The van der Waals surface area contributed by atoms with Crippen LogP contribution < -0.4 is 5.32 Å². The number of ether oxygens (including phenoxy) is 1. The summed E-state index contributed by atoms with van der Waals surface area (Å²) in [6.07, 6.45) is 5.81. The van der Waals surface area contributed by atoms with Crippen LogP contribution in [-0.2, 0) is 11.2 Å². The highest BCUT2D eigenvalue weighted by atomic mass is 16.5. The molecule has 0 saturated carbocycles. The predicted molar refractivity (Wildman–Crippen MR) is 86.1 cm³/mol. The van der Waals surface area contributed by atoms with Crippen molar-refractivity contribution in [3.63, 3.8) is 0 Å². The molecular weight excluding hydrogens is 278 g/mol. The second kappa shape index (κ2) is 7.29. The minimum atomic E-state index is 0.0253. The highest BCUT2D eigenvalue weighted by Crippen LogP contribution is 2.17. The average Bonchev–Trinajstić information content (AvgIpc) is 3.20. The smallest absolute Gasteiger partial charge is 0.267 e. The molecule has 2 saturated heterocycles. The van der Waals surface area contributed by atoms with Gasteiger partial charge in [0, 0.05) is 38.0 Å². The summed E-state index contributed by atoms with van der Waals surface area (Å²) in [4.78, 5) is 17.9. The number of hydrogen-bond acceptors (Lipinski definition) is 3. The van der Waals surface area contributed by atoms with E-state index in [0.29, 0.717) is 17.8 Å². The summed E-state index contributed by atoms with van der Waals surface area (Å²) < 4.78 is 5.70. The Morgan fingerprint density at radius 2 is 2.18 bits per heavy atom. The van der Waals surface area contributed by atoms with Crippen LogP contribution in [0.2, 0.25) is 0 Å². The van der Waals surface area contributed by atoms with Gasteiger partial charge in [-0.25, -0.2) is 0 Å². The van der Waals surface area contributed by atoms with Crippen molar-refractivity contribution < 1.29 is 9.53 Å². The van der Waals surface area contributed by atoms with E-state index in [2.05, 4.69) is 22.1 Å². The zero-order valence-electron chi connectivity index (χ0n) is 13.4. The Hall–Kier alpha value is -1.33. The third-order valence-electron chi connectivity index (χ3n) is 4.78. The topological polar surface area (TPSA) is 57.4 Å². The number of rotatable bonds is 5. The van der Waals surface area contributed by atoms with Crippen LogP contribution >= 0.6 is 0 Å². The van der Waals surface area contributed by atoms with Gasteiger partial charge in [0.25, 0.3) is 5.91 Å². The molecule has 1 amide bonds. The Labute approximate surface area is 132 Å². The molecule has 0 aromatic carbocycles. The molecule has 122 valence electrons. The summed E-state index contributed by atoms with van der Waals surface area (Å²) >= 11 is 0. The van der Waals surface area contributed by atoms with E-state index in [9.17, 15) is 4.79 Å². The molecule has 2 N–H and O–H groups in total. The first-order valence-corrected chi connectivity index (χ1v) is 8.57. The van der Waals surface area contributed by atoms with Crippen LogP contribution in [0.5, 0.6) is 0 Å². The van der Waals surface area contributed by atoms with Gasteiger partial charge in [-0.15, -0.1) is 0 Å². The van der Waals surface area contributed by atoms with Crippen LogP contribution in [0.1, 0.15) is 48.8 Å². The molecule has 2 aliphatic heterocycles. The number of amides is 1. The van der Waals surface area contributed by atoms with Crippen molar-refractivity contribution in [2.75, 3.05) is 26.2 Å². The third kappa shape index (κ3) is 3.90. The van der Waals surface area contributed by atoms with Crippen LogP contribution in [-0.4, -0.2) is 54.2 Å². The maximum absolute atomic E-state index is 12.2. The van der Waals surface area contributed by atoms with Gasteiger partial charge in [-0.1, -0.05) is 6.92 Å². The number of likely N-dealkylation sites (tertiary alicyclic amines) is 1. The molecule has 0 aliphatic carbocycles. The van der Waals surface area contributed by atoms with Crippen molar-refractivity contribution in [3.05, 3.63) is 23.5 Å². The Balaban J connectivity index is 1.42. The zero-order chi connectivity index (χ0) is 15.4. The summed E-state index contributed by atoms with van der Waals surface area (Å²) in [5, 5.41) is 3.16. The lowest BCUT2D eigenvalue weighted by Crippen LogP contribution is -2.46. The van der Waals surface area contributed by atoms with Gasteiger partial charge in [0.15, 0.2) is 0 Å². The van der Waals surface area contributed by atoms with Gasteiger partial charge in [-0.05, 0) is 44.2 Å². The van der Waals surface area contributed by atoms with Crippen LogP contribution in [0.4, 0.5) is 0 Å². The summed E-state index contributed by atoms with van der Waals surface area (Å²) in [5.74, 6) is 0.0253. The average molecular weight is 305 g/mol. The minimum Gasteiger partial charge on any atom is -0.377 e. The molecule has 5 heteroatoms.